The molecular weight excluding hydrogens is 483 g/mol. The van der Waals surface area contributed by atoms with Crippen LogP contribution in [0.4, 0.5) is 0 Å². The molecule has 0 aromatic heterocycles. The maximum Gasteiger partial charge on any atom is 0.0162 e. The summed E-state index contributed by atoms with van der Waals surface area (Å²) in [6.45, 7) is 15.7. The molecule has 0 nitrogen and oxygen atoms in total. The molecule has 0 saturated carbocycles. The van der Waals surface area contributed by atoms with E-state index in [9.17, 15) is 0 Å². The predicted octanol–water partition coefficient (Wildman–Crippen LogP) is 8.76. The zero-order valence-electron chi connectivity index (χ0n) is 18.5. The van der Waals surface area contributed by atoms with Crippen molar-refractivity contribution >= 4 is 39.3 Å². The Labute approximate surface area is 195 Å². The molecule has 0 heterocycles. The molecule has 0 saturated heterocycles. The Kier molecular flexibility index (Phi) is 7.37. The molecule has 2 aromatic rings. The van der Waals surface area contributed by atoms with Crippen LogP contribution in [-0.2, 0) is 18.3 Å². The minimum atomic E-state index is 0.000231. The van der Waals surface area contributed by atoms with Gasteiger partial charge >= 0.3 is 0 Å². The molecule has 3 rings (SSSR count). The van der Waals surface area contributed by atoms with Crippen molar-refractivity contribution in [2.45, 2.75) is 72.1 Å². The Bertz CT molecular complexity index is 949. The average Bonchev–Trinajstić information content (AvgIpc) is 2.93. The van der Waals surface area contributed by atoms with Crippen LogP contribution in [0.5, 0.6) is 0 Å². The van der Waals surface area contributed by atoms with Crippen molar-refractivity contribution < 1.29 is 0 Å². The summed E-state index contributed by atoms with van der Waals surface area (Å²) in [5, 5.41) is 2.31. The van der Waals surface area contributed by atoms with Crippen LogP contribution >= 0.6 is 34.4 Å². The minimum absolute atomic E-state index is 0.000231. The van der Waals surface area contributed by atoms with Gasteiger partial charge in [-0.2, -0.15) is 0 Å². The Morgan fingerprint density at radius 3 is 2.41 bits per heavy atom. The summed E-state index contributed by atoms with van der Waals surface area (Å²) in [6.07, 6.45) is 6.45. The summed E-state index contributed by atoms with van der Waals surface area (Å²) in [5.41, 5.74) is 9.87. The normalized spacial score (nSPS) is 15.0. The Morgan fingerprint density at radius 1 is 1.00 bits per heavy atom. The standard InChI is InChI=1S/C27H33IS/c1-18-15-26(28)19(2)14-25(18)27(5,6)20(3)17-29-21(4)23-13-12-22-10-8-7-9-11-24(22)16-23/h12-17H,4,7-11H2,1-3,5-6H3/b20-17+. The number of aryl methyl sites for hydroxylation is 4. The van der Waals surface area contributed by atoms with Crippen LogP contribution in [0.15, 0.2) is 47.9 Å². The van der Waals surface area contributed by atoms with E-state index in [4.69, 9.17) is 0 Å². The Hall–Kier alpha value is -1.00. The summed E-state index contributed by atoms with van der Waals surface area (Å²) in [4.78, 5) is 1.14. The maximum atomic E-state index is 4.38. The lowest BCUT2D eigenvalue weighted by Crippen LogP contribution is -2.20. The first kappa shape index (κ1) is 22.7. The zero-order valence-corrected chi connectivity index (χ0v) is 21.5. The summed E-state index contributed by atoms with van der Waals surface area (Å²) in [6, 6.07) is 11.7. The molecule has 29 heavy (non-hydrogen) atoms. The van der Waals surface area contributed by atoms with Crippen molar-refractivity contribution in [3.8, 4) is 0 Å². The van der Waals surface area contributed by atoms with Crippen molar-refractivity contribution in [2.75, 3.05) is 0 Å². The third-order valence-corrected chi connectivity index (χ3v) is 8.62. The first-order chi connectivity index (χ1) is 13.7. The van der Waals surface area contributed by atoms with Gasteiger partial charge in [-0.15, -0.1) is 0 Å². The van der Waals surface area contributed by atoms with E-state index in [2.05, 4.69) is 99.5 Å². The van der Waals surface area contributed by atoms with Crippen LogP contribution in [0.2, 0.25) is 0 Å². The number of rotatable bonds is 5. The largest absolute Gasteiger partial charge is 0.0981 e. The van der Waals surface area contributed by atoms with E-state index in [1.165, 1.54) is 69.1 Å². The highest BCUT2D eigenvalue weighted by atomic mass is 127. The third-order valence-electron chi connectivity index (χ3n) is 6.46. The molecule has 0 radical (unpaired) electrons. The predicted molar refractivity (Wildman–Crippen MR) is 140 cm³/mol. The van der Waals surface area contributed by atoms with Gasteiger partial charge in [-0.1, -0.05) is 68.4 Å². The topological polar surface area (TPSA) is 0 Å². The lowest BCUT2D eigenvalue weighted by Gasteiger charge is -2.29. The highest BCUT2D eigenvalue weighted by Gasteiger charge is 2.25. The van der Waals surface area contributed by atoms with E-state index >= 15 is 0 Å². The quantitative estimate of drug-likeness (QED) is 0.283. The van der Waals surface area contributed by atoms with Crippen LogP contribution in [0.25, 0.3) is 4.91 Å². The van der Waals surface area contributed by atoms with E-state index < -0.39 is 0 Å². The van der Waals surface area contributed by atoms with E-state index in [-0.39, 0.29) is 5.41 Å². The molecule has 154 valence electrons. The molecular formula is C27H33IS. The average molecular weight is 517 g/mol. The summed E-state index contributed by atoms with van der Waals surface area (Å²) in [7, 11) is 0. The SMILES string of the molecule is C=C(S/C=C(\C)C(C)(C)c1cc(C)c(I)cc1C)c1ccc2c(c1)CCCCC2. The third kappa shape index (κ3) is 5.19. The van der Waals surface area contributed by atoms with Gasteiger partial charge in [0.25, 0.3) is 0 Å². The van der Waals surface area contributed by atoms with Gasteiger partial charge in [0.1, 0.15) is 0 Å². The molecule has 0 atom stereocenters. The second-order valence-electron chi connectivity index (χ2n) is 8.93. The molecule has 2 heteroatoms. The van der Waals surface area contributed by atoms with Crippen LogP contribution in [0.1, 0.15) is 73.4 Å². The Balaban J connectivity index is 1.79. The van der Waals surface area contributed by atoms with Crippen LogP contribution in [0.3, 0.4) is 0 Å². The van der Waals surface area contributed by atoms with E-state index in [0.29, 0.717) is 0 Å². The summed E-state index contributed by atoms with van der Waals surface area (Å²) in [5.74, 6) is 0. The summed E-state index contributed by atoms with van der Waals surface area (Å²) < 4.78 is 1.34. The van der Waals surface area contributed by atoms with Crippen molar-refractivity contribution in [2.24, 2.45) is 0 Å². The van der Waals surface area contributed by atoms with Gasteiger partial charge in [0.05, 0.1) is 0 Å². The van der Waals surface area contributed by atoms with Gasteiger partial charge in [0, 0.05) is 13.9 Å². The second kappa shape index (κ2) is 9.43. The first-order valence-electron chi connectivity index (χ1n) is 10.6. The molecule has 1 aliphatic rings. The second-order valence-corrected chi connectivity index (χ2v) is 11.1. The maximum absolute atomic E-state index is 4.38. The van der Waals surface area contributed by atoms with Gasteiger partial charge in [-0.25, -0.2) is 0 Å². The fourth-order valence-electron chi connectivity index (χ4n) is 4.13. The van der Waals surface area contributed by atoms with Crippen molar-refractivity contribution in [1.82, 2.24) is 0 Å². The molecule has 0 unspecified atom stereocenters. The number of benzene rings is 2. The van der Waals surface area contributed by atoms with Gasteiger partial charge in [0.2, 0.25) is 0 Å². The number of hydrogen-bond acceptors (Lipinski definition) is 1. The number of allylic oxidation sites excluding steroid dienone is 1. The van der Waals surface area contributed by atoms with Gasteiger partial charge in [-0.3, -0.25) is 0 Å². The molecule has 0 fully saturated rings. The number of thioether (sulfide) groups is 1. The van der Waals surface area contributed by atoms with E-state index in [0.717, 1.165) is 4.91 Å². The minimum Gasteiger partial charge on any atom is -0.0981 e. The van der Waals surface area contributed by atoms with Gasteiger partial charge < -0.3 is 0 Å². The lowest BCUT2D eigenvalue weighted by atomic mass is 9.76. The first-order valence-corrected chi connectivity index (χ1v) is 12.6. The van der Waals surface area contributed by atoms with Crippen molar-refractivity contribution in [1.29, 1.82) is 0 Å². The van der Waals surface area contributed by atoms with E-state index in [1.54, 1.807) is 17.3 Å². The molecule has 0 bridgehead atoms. The highest BCUT2D eigenvalue weighted by molar-refractivity contribution is 14.1. The van der Waals surface area contributed by atoms with E-state index in [1.807, 2.05) is 0 Å². The molecule has 0 N–H and O–H groups in total. The number of fused-ring (bicyclic) bond motifs is 1. The zero-order chi connectivity index (χ0) is 21.2. The fraction of sp³-hybridized carbons (Fsp3) is 0.407. The van der Waals surface area contributed by atoms with Crippen LogP contribution in [0, 0.1) is 17.4 Å². The Morgan fingerprint density at radius 2 is 1.69 bits per heavy atom. The summed E-state index contributed by atoms with van der Waals surface area (Å²) >= 11 is 4.20. The van der Waals surface area contributed by atoms with Crippen molar-refractivity contribution in [3.05, 3.63) is 84.8 Å². The molecule has 0 aliphatic heterocycles. The van der Waals surface area contributed by atoms with Crippen LogP contribution < -0.4 is 0 Å². The monoisotopic (exact) mass is 516 g/mol. The lowest BCUT2D eigenvalue weighted by molar-refractivity contribution is 0.620. The van der Waals surface area contributed by atoms with Gasteiger partial charge in [0.15, 0.2) is 0 Å². The molecule has 0 spiro atoms. The molecule has 2 aromatic carbocycles. The smallest absolute Gasteiger partial charge is 0.0162 e. The molecule has 0 amide bonds. The fourth-order valence-corrected chi connectivity index (χ4v) is 5.62. The van der Waals surface area contributed by atoms with Gasteiger partial charge in [-0.05, 0) is 114 Å². The number of halogens is 1. The number of hydrogen-bond donors (Lipinski definition) is 0. The molecule has 1 aliphatic carbocycles. The van der Waals surface area contributed by atoms with Crippen LogP contribution in [-0.4, -0.2) is 0 Å². The van der Waals surface area contributed by atoms with Crippen molar-refractivity contribution in [3.63, 3.8) is 0 Å². The highest BCUT2D eigenvalue weighted by Crippen LogP contribution is 2.38.